The van der Waals surface area contributed by atoms with Gasteiger partial charge in [0, 0.05) is 33.0 Å². The lowest BCUT2D eigenvalue weighted by Gasteiger charge is -2.13. The minimum Gasteiger partial charge on any atom is -0.464 e. The third kappa shape index (κ3) is 4.60. The van der Waals surface area contributed by atoms with Gasteiger partial charge in [0.15, 0.2) is 5.76 Å². The van der Waals surface area contributed by atoms with Crippen LogP contribution in [0.2, 0.25) is 0 Å². The molecule has 2 amide bonds. The highest BCUT2D eigenvalue weighted by Crippen LogP contribution is 2.31. The number of aryl methyl sites for hydroxylation is 3. The Morgan fingerprint density at radius 1 is 1.11 bits per heavy atom. The van der Waals surface area contributed by atoms with Crippen molar-refractivity contribution in [2.24, 2.45) is 5.10 Å². The number of anilines is 1. The van der Waals surface area contributed by atoms with E-state index in [1.807, 2.05) is 51.1 Å². The Balaban J connectivity index is 1.34. The maximum atomic E-state index is 13.0. The van der Waals surface area contributed by atoms with Crippen LogP contribution in [-0.4, -0.2) is 17.5 Å². The number of para-hydroxylation sites is 1. The van der Waals surface area contributed by atoms with Crippen molar-refractivity contribution in [1.29, 1.82) is 0 Å². The van der Waals surface area contributed by atoms with E-state index in [1.54, 1.807) is 6.26 Å². The van der Waals surface area contributed by atoms with Crippen LogP contribution in [0.25, 0.3) is 11.0 Å². The van der Waals surface area contributed by atoms with Crippen molar-refractivity contribution in [1.82, 2.24) is 5.43 Å². The van der Waals surface area contributed by atoms with Gasteiger partial charge >= 0.3 is 0 Å². The first-order chi connectivity index (χ1) is 17.3. The van der Waals surface area contributed by atoms with Crippen molar-refractivity contribution >= 4 is 50.1 Å². The van der Waals surface area contributed by atoms with Crippen LogP contribution in [0.4, 0.5) is 5.69 Å². The number of hydrogen-bond acceptors (Lipinski definition) is 5. The van der Waals surface area contributed by atoms with Gasteiger partial charge in [-0.05, 0) is 78.9 Å². The fourth-order valence-corrected chi connectivity index (χ4v) is 5.22. The molecule has 0 atom stereocenters. The number of benzene rings is 2. The molecule has 5 rings (SSSR count). The van der Waals surface area contributed by atoms with Gasteiger partial charge in [-0.2, -0.15) is 5.10 Å². The SMILES string of the molecule is Cc1cc(C)c2c(CC(=O)N/N=C3\CCCc4oc(C(=O)Nc5ccccc5Br)c(C)c43)coc2c1. The van der Waals surface area contributed by atoms with Gasteiger partial charge in [-0.15, -0.1) is 0 Å². The number of halogens is 1. The molecular formula is C28H26BrN3O4. The highest BCUT2D eigenvalue weighted by Gasteiger charge is 2.28. The zero-order valence-electron chi connectivity index (χ0n) is 20.3. The first-order valence-electron chi connectivity index (χ1n) is 11.8. The summed E-state index contributed by atoms with van der Waals surface area (Å²) in [5, 5.41) is 8.30. The van der Waals surface area contributed by atoms with E-state index in [2.05, 4.69) is 37.8 Å². The number of nitrogens with one attached hydrogen (secondary N) is 2. The normalized spacial score (nSPS) is 14.2. The van der Waals surface area contributed by atoms with Crippen LogP contribution in [-0.2, 0) is 17.6 Å². The summed E-state index contributed by atoms with van der Waals surface area (Å²) in [5.74, 6) is 0.420. The Hall–Kier alpha value is -3.65. The molecule has 0 radical (unpaired) electrons. The molecule has 36 heavy (non-hydrogen) atoms. The monoisotopic (exact) mass is 547 g/mol. The topological polar surface area (TPSA) is 96.8 Å². The summed E-state index contributed by atoms with van der Waals surface area (Å²) in [4.78, 5) is 25.7. The average molecular weight is 548 g/mol. The largest absolute Gasteiger partial charge is 0.464 e. The van der Waals surface area contributed by atoms with E-state index in [4.69, 9.17) is 8.83 Å². The quantitative estimate of drug-likeness (QED) is 0.284. The summed E-state index contributed by atoms with van der Waals surface area (Å²) in [5.41, 5.74) is 9.40. The number of hydrogen-bond donors (Lipinski definition) is 2. The smallest absolute Gasteiger partial charge is 0.291 e. The van der Waals surface area contributed by atoms with Crippen LogP contribution in [0.5, 0.6) is 0 Å². The van der Waals surface area contributed by atoms with Crippen LogP contribution in [0.1, 0.15) is 57.0 Å². The minimum atomic E-state index is -0.324. The van der Waals surface area contributed by atoms with Crippen LogP contribution in [0, 0.1) is 20.8 Å². The van der Waals surface area contributed by atoms with Gasteiger partial charge in [-0.3, -0.25) is 9.59 Å². The van der Waals surface area contributed by atoms with E-state index in [1.165, 1.54) is 0 Å². The van der Waals surface area contributed by atoms with Crippen molar-refractivity contribution in [3.8, 4) is 0 Å². The summed E-state index contributed by atoms with van der Waals surface area (Å²) in [6.45, 7) is 5.88. The molecule has 0 saturated heterocycles. The van der Waals surface area contributed by atoms with Crippen LogP contribution in [0.15, 0.2) is 61.1 Å². The Kier molecular flexibility index (Phi) is 6.53. The van der Waals surface area contributed by atoms with Crippen LogP contribution < -0.4 is 10.7 Å². The Bertz CT molecular complexity index is 1530. The molecule has 4 aromatic rings. The zero-order valence-corrected chi connectivity index (χ0v) is 21.9. The fourth-order valence-electron chi connectivity index (χ4n) is 4.84. The fraction of sp³-hybridized carbons (Fsp3) is 0.250. The molecular weight excluding hydrogens is 522 g/mol. The number of nitrogens with zero attached hydrogens (tertiary/aromatic N) is 1. The molecule has 0 aliphatic heterocycles. The van der Waals surface area contributed by atoms with Crippen molar-refractivity contribution in [3.63, 3.8) is 0 Å². The maximum absolute atomic E-state index is 13.0. The summed E-state index contributed by atoms with van der Waals surface area (Å²) in [6.07, 6.45) is 4.02. The molecule has 8 heteroatoms. The second-order valence-corrected chi connectivity index (χ2v) is 9.98. The standard InChI is InChI=1S/C28H26BrN3O4/c1-15-11-16(2)25-18(14-35-23(25)12-15)13-24(33)32-31-21-9-6-10-22-26(21)17(3)27(36-22)28(34)30-20-8-5-4-7-19(20)29/h4-5,7-8,11-12,14H,6,9-10,13H2,1-3H3,(H,30,34)(H,32,33)/b31-21+. The molecule has 0 spiro atoms. The van der Waals surface area contributed by atoms with Gasteiger partial charge in [0.2, 0.25) is 5.91 Å². The van der Waals surface area contributed by atoms with E-state index < -0.39 is 0 Å². The molecule has 1 aliphatic carbocycles. The first-order valence-corrected chi connectivity index (χ1v) is 12.6. The molecule has 0 unspecified atom stereocenters. The van der Waals surface area contributed by atoms with Crippen molar-refractivity contribution in [3.05, 3.63) is 86.5 Å². The molecule has 0 bridgehead atoms. The van der Waals surface area contributed by atoms with Crippen molar-refractivity contribution < 1.29 is 18.4 Å². The van der Waals surface area contributed by atoms with Gasteiger partial charge in [-0.1, -0.05) is 18.2 Å². The Labute approximate surface area is 217 Å². The lowest BCUT2D eigenvalue weighted by atomic mass is 9.93. The van der Waals surface area contributed by atoms with Gasteiger partial charge in [0.05, 0.1) is 24.1 Å². The second kappa shape index (κ2) is 9.78. The highest BCUT2D eigenvalue weighted by molar-refractivity contribution is 9.10. The van der Waals surface area contributed by atoms with Gasteiger partial charge in [0.1, 0.15) is 11.3 Å². The number of fused-ring (bicyclic) bond motifs is 2. The molecule has 1 aliphatic rings. The Morgan fingerprint density at radius 2 is 1.92 bits per heavy atom. The zero-order chi connectivity index (χ0) is 25.4. The number of amides is 2. The summed E-state index contributed by atoms with van der Waals surface area (Å²) >= 11 is 3.45. The van der Waals surface area contributed by atoms with E-state index in [-0.39, 0.29) is 24.0 Å². The van der Waals surface area contributed by atoms with Crippen LogP contribution >= 0.6 is 15.9 Å². The number of rotatable bonds is 5. The molecule has 2 heterocycles. The average Bonchev–Trinajstić information content (AvgIpc) is 3.40. The highest BCUT2D eigenvalue weighted by atomic mass is 79.9. The first kappa shape index (κ1) is 24.1. The van der Waals surface area contributed by atoms with Crippen molar-refractivity contribution in [2.45, 2.75) is 46.5 Å². The molecule has 2 aromatic heterocycles. The van der Waals surface area contributed by atoms with E-state index in [0.29, 0.717) is 24.1 Å². The van der Waals surface area contributed by atoms with Gasteiger partial charge < -0.3 is 14.2 Å². The Morgan fingerprint density at radius 3 is 2.72 bits per heavy atom. The number of carbonyl (C=O) groups is 2. The molecule has 0 saturated carbocycles. The predicted octanol–water partition coefficient (Wildman–Crippen LogP) is 6.37. The van der Waals surface area contributed by atoms with E-state index in [0.717, 1.165) is 55.6 Å². The number of carbonyl (C=O) groups excluding carboxylic acids is 2. The van der Waals surface area contributed by atoms with Crippen molar-refractivity contribution in [2.75, 3.05) is 5.32 Å². The third-order valence-corrected chi connectivity index (χ3v) is 7.10. The minimum absolute atomic E-state index is 0.157. The molecule has 2 N–H and O–H groups in total. The number of hydrazone groups is 1. The lowest BCUT2D eigenvalue weighted by Crippen LogP contribution is -2.23. The second-order valence-electron chi connectivity index (χ2n) is 9.13. The number of furan rings is 2. The summed E-state index contributed by atoms with van der Waals surface area (Å²) in [7, 11) is 0. The third-order valence-electron chi connectivity index (χ3n) is 6.41. The molecule has 2 aromatic carbocycles. The van der Waals surface area contributed by atoms with Gasteiger partial charge in [-0.25, -0.2) is 5.43 Å². The predicted molar refractivity (Wildman–Crippen MR) is 143 cm³/mol. The molecule has 7 nitrogen and oxygen atoms in total. The van der Waals surface area contributed by atoms with Gasteiger partial charge in [0.25, 0.3) is 5.91 Å². The summed E-state index contributed by atoms with van der Waals surface area (Å²) in [6, 6.07) is 11.5. The maximum Gasteiger partial charge on any atom is 0.291 e. The lowest BCUT2D eigenvalue weighted by molar-refractivity contribution is -0.120. The summed E-state index contributed by atoms with van der Waals surface area (Å²) < 4.78 is 12.4. The molecule has 0 fully saturated rings. The molecule has 184 valence electrons. The van der Waals surface area contributed by atoms with E-state index >= 15 is 0 Å². The van der Waals surface area contributed by atoms with E-state index in [9.17, 15) is 9.59 Å². The van der Waals surface area contributed by atoms with Crippen LogP contribution in [0.3, 0.4) is 0 Å².